The molecule has 0 bridgehead atoms. The van der Waals surface area contributed by atoms with Gasteiger partial charge in [-0.15, -0.1) is 34.1 Å². The van der Waals surface area contributed by atoms with Crippen LogP contribution < -0.4 is 35.3 Å². The van der Waals surface area contributed by atoms with Gasteiger partial charge < -0.3 is 24.8 Å². The fourth-order valence-corrected chi connectivity index (χ4v) is 8.68. The van der Waals surface area contributed by atoms with Crippen LogP contribution in [-0.4, -0.2) is 0 Å². The number of rotatable bonds is 3. The van der Waals surface area contributed by atoms with Crippen molar-refractivity contribution in [1.29, 1.82) is 0 Å². The van der Waals surface area contributed by atoms with Crippen LogP contribution in [0.3, 0.4) is 0 Å². The Morgan fingerprint density at radius 3 is 1.38 bits per heavy atom. The first-order valence-electron chi connectivity index (χ1n) is 19.9. The maximum atomic E-state index is 4.07. The van der Waals surface area contributed by atoms with E-state index in [1.807, 2.05) is 0 Å². The van der Waals surface area contributed by atoms with Crippen LogP contribution in [0.5, 0.6) is 0 Å². The van der Waals surface area contributed by atoms with Crippen LogP contribution in [0.2, 0.25) is 0 Å². The summed E-state index contributed by atoms with van der Waals surface area (Å²) in [5, 5.41) is 2.58. The molecule has 0 saturated heterocycles. The molecule has 6 rings (SSSR count). The van der Waals surface area contributed by atoms with E-state index in [4.69, 9.17) is 0 Å². The first-order valence-corrected chi connectivity index (χ1v) is 19.9. The van der Waals surface area contributed by atoms with E-state index in [2.05, 4.69) is 203 Å². The first-order chi connectivity index (χ1) is 24.3. The van der Waals surface area contributed by atoms with E-state index in [1.165, 1.54) is 88.4 Å². The molecule has 0 saturated carbocycles. The first kappa shape index (κ1) is 47.9. The zero-order valence-electron chi connectivity index (χ0n) is 37.3. The molecule has 2 aliphatic rings. The van der Waals surface area contributed by atoms with E-state index in [9.17, 15) is 0 Å². The summed E-state index contributed by atoms with van der Waals surface area (Å²) in [4.78, 5) is 0. The predicted molar refractivity (Wildman–Crippen MR) is 232 cm³/mol. The van der Waals surface area contributed by atoms with E-state index in [-0.39, 0.29) is 78.1 Å². The average Bonchev–Trinajstić information content (AvgIpc) is 3.55. The van der Waals surface area contributed by atoms with E-state index in [1.54, 1.807) is 0 Å². The molecule has 1 atom stereocenters. The molecule has 0 aromatic heterocycles. The summed E-state index contributed by atoms with van der Waals surface area (Å²) >= 11 is 0. The molecule has 3 heteroatoms. The summed E-state index contributed by atoms with van der Waals surface area (Å²) in [6, 6.07) is 28.5. The second kappa shape index (κ2) is 16.3. The molecule has 1 radical (unpaired) electrons. The molecule has 295 valence electrons. The molecular formula is C53H65Cl2Zr. The van der Waals surface area contributed by atoms with Gasteiger partial charge in [0.05, 0.1) is 0 Å². The van der Waals surface area contributed by atoms with Crippen LogP contribution in [0, 0.1) is 11.3 Å². The fraction of sp³-hybridized carbons (Fsp3) is 0.434. The monoisotopic (exact) mass is 861 g/mol. The summed E-state index contributed by atoms with van der Waals surface area (Å²) < 4.78 is 0. The van der Waals surface area contributed by atoms with Crippen LogP contribution in [0.1, 0.15) is 162 Å². The van der Waals surface area contributed by atoms with Gasteiger partial charge in [0.2, 0.25) is 0 Å². The normalized spacial score (nSPS) is 15.5. The second-order valence-corrected chi connectivity index (χ2v) is 21.2. The Morgan fingerprint density at radius 2 is 0.982 bits per heavy atom. The SMILES string of the molecule is CC1=C(c2c(C(C)(C)C)c(=C(c3ccc(C(C)(C)C)cc3)c3ccc(C(C)(C)C)cc3)cc3c2=[C-]c2cc(C(C)(C)C)ccc2-3)C(C)C=C1C(C)(C)C.[Cl-].[Cl-].[Zr+3]. The zero-order chi connectivity index (χ0) is 39.2. The zero-order valence-corrected chi connectivity index (χ0v) is 41.3. The van der Waals surface area contributed by atoms with Crippen molar-refractivity contribution in [3.63, 3.8) is 0 Å². The maximum Gasteiger partial charge on any atom is 3.00 e. The van der Waals surface area contributed by atoms with E-state index < -0.39 is 0 Å². The molecule has 0 N–H and O–H groups in total. The van der Waals surface area contributed by atoms with Crippen molar-refractivity contribution in [2.24, 2.45) is 11.3 Å². The molecule has 56 heavy (non-hydrogen) atoms. The van der Waals surface area contributed by atoms with Gasteiger partial charge in [-0.05, 0) is 78.5 Å². The van der Waals surface area contributed by atoms with Crippen molar-refractivity contribution < 1.29 is 51.0 Å². The Balaban J connectivity index is 0.00000280. The number of fused-ring (bicyclic) bond motifs is 3. The third-order valence-electron chi connectivity index (χ3n) is 11.6. The Labute approximate surface area is 372 Å². The molecule has 0 fully saturated rings. The molecular weight excluding hydrogens is 799 g/mol. The van der Waals surface area contributed by atoms with Crippen molar-refractivity contribution in [3.05, 3.63) is 145 Å². The third-order valence-corrected chi connectivity index (χ3v) is 11.6. The van der Waals surface area contributed by atoms with Crippen LogP contribution in [0.4, 0.5) is 0 Å². The Hall–Kier alpha value is -2.44. The molecule has 4 aromatic rings. The van der Waals surface area contributed by atoms with Gasteiger partial charge in [-0.25, -0.2) is 0 Å². The minimum Gasteiger partial charge on any atom is -1.00 e. The number of halogens is 2. The maximum absolute atomic E-state index is 4.07. The smallest absolute Gasteiger partial charge is 1.00 e. The van der Waals surface area contributed by atoms with Gasteiger partial charge in [-0.1, -0.05) is 211 Å². The van der Waals surface area contributed by atoms with Crippen molar-refractivity contribution in [2.75, 3.05) is 0 Å². The molecule has 0 heterocycles. The van der Waals surface area contributed by atoms with Gasteiger partial charge >= 0.3 is 26.2 Å². The second-order valence-electron chi connectivity index (χ2n) is 21.2. The van der Waals surface area contributed by atoms with E-state index in [0.29, 0.717) is 5.92 Å². The Kier molecular flexibility index (Phi) is 14.0. The minimum absolute atomic E-state index is 0. The van der Waals surface area contributed by atoms with Crippen molar-refractivity contribution in [1.82, 2.24) is 0 Å². The van der Waals surface area contributed by atoms with Crippen molar-refractivity contribution in [3.8, 4) is 11.1 Å². The van der Waals surface area contributed by atoms with Crippen LogP contribution in [0.15, 0.2) is 90.0 Å². The summed E-state index contributed by atoms with van der Waals surface area (Å²) in [7, 11) is 0. The largest absolute Gasteiger partial charge is 3.00 e. The standard InChI is InChI=1S/C53H65.2ClH.Zr/c1-32-28-44(52(12,13)14)33(2)45(32)47-42-30-36-29-39(51(9,10)11)26-27-40(36)41(42)31-43(48(47)53(15,16)17)46(34-18-22-37(23-19-34)49(3,4)5)35-20-24-38(25-21-35)50(6,7)8;;;/h18-29,31-32H,1-17H3;2*1H;/q-1;;;+3/p-2. The molecule has 4 aromatic carbocycles. The summed E-state index contributed by atoms with van der Waals surface area (Å²) in [6.45, 7) is 39.9. The van der Waals surface area contributed by atoms with Gasteiger partial charge in [-0.2, -0.15) is 0 Å². The number of allylic oxidation sites excluding steroid dienone is 4. The van der Waals surface area contributed by atoms with Crippen molar-refractivity contribution in [2.45, 2.75) is 139 Å². The van der Waals surface area contributed by atoms with Crippen LogP contribution >= 0.6 is 0 Å². The fourth-order valence-electron chi connectivity index (χ4n) is 8.68. The molecule has 0 spiro atoms. The molecule has 0 amide bonds. The molecule has 1 unspecified atom stereocenters. The summed E-state index contributed by atoms with van der Waals surface area (Å²) in [6.07, 6.45) is 6.61. The van der Waals surface area contributed by atoms with E-state index in [0.717, 1.165) is 0 Å². The van der Waals surface area contributed by atoms with Gasteiger partial charge in [0.15, 0.2) is 0 Å². The quantitative estimate of drug-likeness (QED) is 0.169. The van der Waals surface area contributed by atoms with Crippen LogP contribution in [0.25, 0.3) is 28.3 Å². The van der Waals surface area contributed by atoms with E-state index >= 15 is 0 Å². The summed E-state index contributed by atoms with van der Waals surface area (Å²) in [5.74, 6) is 0.293. The van der Waals surface area contributed by atoms with Crippen LogP contribution in [-0.2, 0) is 47.9 Å². The molecule has 2 aliphatic carbocycles. The van der Waals surface area contributed by atoms with Gasteiger partial charge in [0.1, 0.15) is 0 Å². The average molecular weight is 864 g/mol. The number of hydrogen-bond acceptors (Lipinski definition) is 0. The predicted octanol–water partition coefficient (Wildman–Crippen LogP) is 7.21. The van der Waals surface area contributed by atoms with Gasteiger partial charge in [0.25, 0.3) is 0 Å². The van der Waals surface area contributed by atoms with Gasteiger partial charge in [-0.3, -0.25) is 0 Å². The third kappa shape index (κ3) is 9.07. The topological polar surface area (TPSA) is 0 Å². The summed E-state index contributed by atoms with van der Waals surface area (Å²) in [5.41, 5.74) is 18.9. The van der Waals surface area contributed by atoms with Crippen molar-refractivity contribution >= 4 is 17.2 Å². The van der Waals surface area contributed by atoms with Gasteiger partial charge in [0, 0.05) is 0 Å². The number of benzene rings is 4. The Bertz CT molecular complexity index is 2220. The molecule has 0 nitrogen and oxygen atoms in total. The molecule has 0 aliphatic heterocycles. The minimum atomic E-state index is -0.161. The Morgan fingerprint density at radius 1 is 0.536 bits per heavy atom. The number of hydrogen-bond donors (Lipinski definition) is 0.